The average Bonchev–Trinajstić information content (AvgIpc) is 3.85. The number of amides is 1. The number of ether oxygens (including phenoxy) is 4. The number of carbonyl (C=O) groups excluding carboxylic acids is 2. The molecule has 0 bridgehead atoms. The molecule has 6 aromatic rings. The first-order valence-corrected chi connectivity index (χ1v) is 25.1. The molecule has 1 N–H and O–H groups in total. The third kappa shape index (κ3) is 14.8. The van der Waals surface area contributed by atoms with E-state index < -0.39 is 5.41 Å². The molecule has 2 aliphatic heterocycles. The van der Waals surface area contributed by atoms with Crippen LogP contribution in [-0.2, 0) is 45.0 Å². The van der Waals surface area contributed by atoms with Crippen LogP contribution < -0.4 is 19.7 Å². The lowest BCUT2D eigenvalue weighted by Crippen LogP contribution is -2.36. The van der Waals surface area contributed by atoms with Gasteiger partial charge in [0.1, 0.15) is 22.8 Å². The summed E-state index contributed by atoms with van der Waals surface area (Å²) in [4.78, 5) is 34.4. The highest BCUT2D eigenvalue weighted by atomic mass is 35.5. The monoisotopic (exact) mass is 963 g/mol. The van der Waals surface area contributed by atoms with E-state index >= 15 is 0 Å². The number of pyridine rings is 2. The second kappa shape index (κ2) is 24.4. The molecule has 0 radical (unpaired) electrons. The Morgan fingerprint density at radius 1 is 0.681 bits per heavy atom. The summed E-state index contributed by atoms with van der Waals surface area (Å²) in [6, 6.07) is 25.6. The lowest BCUT2D eigenvalue weighted by molar-refractivity contribution is -0.125. The molecule has 1 amide bonds. The first kappa shape index (κ1) is 52.9. The van der Waals surface area contributed by atoms with Crippen LogP contribution in [0.2, 0.25) is 0 Å². The zero-order valence-corrected chi connectivity index (χ0v) is 43.5. The number of fused-ring (bicyclic) bond motifs is 2. The fourth-order valence-corrected chi connectivity index (χ4v) is 8.56. The Labute approximate surface area is 415 Å². The number of nitrogens with zero attached hydrogens (tertiary/aromatic N) is 5. The molecule has 0 aliphatic carbocycles. The van der Waals surface area contributed by atoms with Crippen LogP contribution in [0.25, 0.3) is 22.1 Å². The molecule has 2 fully saturated rings. The zero-order valence-electron chi connectivity index (χ0n) is 42.7. The van der Waals surface area contributed by atoms with Crippen LogP contribution in [0.1, 0.15) is 104 Å². The van der Waals surface area contributed by atoms with Crippen molar-refractivity contribution < 1.29 is 28.5 Å². The van der Waals surface area contributed by atoms with Crippen molar-refractivity contribution in [1.82, 2.24) is 19.1 Å². The number of rotatable bonds is 14. The van der Waals surface area contributed by atoms with Gasteiger partial charge < -0.3 is 38.3 Å². The van der Waals surface area contributed by atoms with E-state index in [-0.39, 0.29) is 16.6 Å². The molecule has 372 valence electrons. The number of hydrogen-bond acceptors (Lipinski definition) is 9. The number of hydrogen-bond donors (Lipinski definition) is 1. The molecule has 2 aliphatic rings. The van der Waals surface area contributed by atoms with Crippen molar-refractivity contribution in [2.45, 2.75) is 107 Å². The number of benzene rings is 2. The van der Waals surface area contributed by atoms with E-state index in [4.69, 9.17) is 40.5 Å². The minimum absolute atomic E-state index is 0.0740. The summed E-state index contributed by atoms with van der Waals surface area (Å²) >= 11 is 5.11. The van der Waals surface area contributed by atoms with Gasteiger partial charge in [-0.1, -0.05) is 65.8 Å². The molecule has 0 spiro atoms. The van der Waals surface area contributed by atoms with Crippen molar-refractivity contribution in [3.8, 4) is 11.5 Å². The van der Waals surface area contributed by atoms with E-state index in [9.17, 15) is 9.59 Å². The first-order valence-electron chi connectivity index (χ1n) is 24.7. The van der Waals surface area contributed by atoms with Crippen LogP contribution in [0.4, 0.5) is 11.4 Å². The fourth-order valence-electron chi connectivity index (χ4n) is 8.56. The molecular formula is C56H75ClN6O6. The Kier molecular flexibility index (Phi) is 18.7. The highest BCUT2D eigenvalue weighted by Crippen LogP contribution is 2.31. The van der Waals surface area contributed by atoms with Gasteiger partial charge in [-0.05, 0) is 123 Å². The Hall–Kier alpha value is -5.43. The molecule has 8 rings (SSSR count). The Morgan fingerprint density at radius 2 is 1.10 bits per heavy atom. The summed E-state index contributed by atoms with van der Waals surface area (Å²) in [7, 11) is 3.76. The van der Waals surface area contributed by atoms with E-state index in [2.05, 4.69) is 75.1 Å². The van der Waals surface area contributed by atoms with Crippen LogP contribution in [0.15, 0.2) is 85.2 Å². The normalized spacial score (nSPS) is 14.7. The summed E-state index contributed by atoms with van der Waals surface area (Å²) in [5, 5.41) is 5.17. The number of aromatic nitrogens is 4. The van der Waals surface area contributed by atoms with E-state index in [0.717, 1.165) is 118 Å². The number of anilines is 2. The Balaban J connectivity index is 0.000000202. The fraction of sp³-hybridized carbons (Fsp3) is 0.500. The smallest absolute Gasteiger partial charge is 0.232 e. The molecular weight excluding hydrogens is 888 g/mol. The first-order chi connectivity index (χ1) is 33.0. The minimum Gasteiger partial charge on any atom is -0.494 e. The quantitative estimate of drug-likeness (QED) is 0.106. The highest BCUT2D eigenvalue weighted by Gasteiger charge is 2.27. The predicted molar refractivity (Wildman–Crippen MR) is 280 cm³/mol. The second-order valence-corrected chi connectivity index (χ2v) is 20.6. The Morgan fingerprint density at radius 3 is 1.49 bits per heavy atom. The van der Waals surface area contributed by atoms with Gasteiger partial charge in [-0.25, -0.2) is 9.97 Å². The van der Waals surface area contributed by atoms with Crippen molar-refractivity contribution >= 4 is 56.2 Å². The highest BCUT2D eigenvalue weighted by molar-refractivity contribution is 6.64. The molecule has 13 heteroatoms. The molecule has 0 atom stereocenters. The van der Waals surface area contributed by atoms with Gasteiger partial charge in [0.15, 0.2) is 0 Å². The van der Waals surface area contributed by atoms with Gasteiger partial charge in [0.25, 0.3) is 0 Å². The maximum atomic E-state index is 12.8. The number of nitrogens with one attached hydrogen (secondary N) is 1. The Bertz CT molecular complexity index is 2580. The van der Waals surface area contributed by atoms with Crippen LogP contribution in [-0.4, -0.2) is 84.0 Å². The zero-order chi connectivity index (χ0) is 49.7. The molecule has 4 aromatic heterocycles. The van der Waals surface area contributed by atoms with Crippen molar-refractivity contribution in [3.63, 3.8) is 0 Å². The minimum atomic E-state index is -0.447. The van der Waals surface area contributed by atoms with Gasteiger partial charge in [0.2, 0.25) is 11.1 Å². The van der Waals surface area contributed by atoms with E-state index in [0.29, 0.717) is 25.0 Å². The van der Waals surface area contributed by atoms with E-state index in [1.165, 1.54) is 27.9 Å². The maximum Gasteiger partial charge on any atom is 0.232 e. The third-order valence-corrected chi connectivity index (χ3v) is 13.2. The summed E-state index contributed by atoms with van der Waals surface area (Å²) in [6.07, 6.45) is 9.84. The van der Waals surface area contributed by atoms with Crippen LogP contribution in [0.5, 0.6) is 11.5 Å². The molecule has 0 unspecified atom stereocenters. The van der Waals surface area contributed by atoms with Crippen LogP contribution in [0.3, 0.4) is 0 Å². The number of carbonyl (C=O) groups is 2. The van der Waals surface area contributed by atoms with Gasteiger partial charge in [-0.2, -0.15) is 0 Å². The summed E-state index contributed by atoms with van der Waals surface area (Å²) in [5.74, 6) is 3.12. The number of halogens is 1. The van der Waals surface area contributed by atoms with Gasteiger partial charge in [-0.3, -0.25) is 9.59 Å². The topological polar surface area (TPSA) is 122 Å². The predicted octanol–water partition coefficient (Wildman–Crippen LogP) is 11.8. The largest absolute Gasteiger partial charge is 0.494 e. The molecule has 2 saturated heterocycles. The molecule has 6 heterocycles. The van der Waals surface area contributed by atoms with Crippen molar-refractivity contribution in [2.75, 3.05) is 64.0 Å². The van der Waals surface area contributed by atoms with Crippen molar-refractivity contribution in [1.29, 1.82) is 0 Å². The van der Waals surface area contributed by atoms with Crippen molar-refractivity contribution in [3.05, 3.63) is 108 Å². The average molecular weight is 964 g/mol. The van der Waals surface area contributed by atoms with Gasteiger partial charge in [0.05, 0.1) is 37.0 Å². The van der Waals surface area contributed by atoms with Gasteiger partial charge >= 0.3 is 0 Å². The lowest BCUT2D eigenvalue weighted by atomic mass is 9.95. The summed E-state index contributed by atoms with van der Waals surface area (Å²) in [6.45, 7) is 21.9. The van der Waals surface area contributed by atoms with Gasteiger partial charge in [0, 0.05) is 99.4 Å². The van der Waals surface area contributed by atoms with Crippen molar-refractivity contribution in [2.24, 2.45) is 22.7 Å². The molecule has 2 aromatic carbocycles. The standard InChI is InChI=1S/C28H37N3O3.C23H29N3O2.C5H9ClO/c1-6-34-25-9-7-20(8-10-25)15-23-16-22-17-24(30(5)27(32)28(2,3)4)18-29-26(22)31(23)19-21-11-13-33-14-12-21;1-3-28-22-6-4-17(5-7-22)12-21-14-19-13-20(24-2)15-25-23(19)26(21)16-18-8-10-27-11-9-18;1-5(2,3)4(6)7/h7-10,16-18,21H,6,11-15,19H2,1-5H3;4-7,13-15,18,24H,3,8-12,16H2,1-2H3;1-3H3. The lowest BCUT2D eigenvalue weighted by Gasteiger charge is -2.26. The second-order valence-electron chi connectivity index (χ2n) is 20.2. The maximum absolute atomic E-state index is 12.8. The van der Waals surface area contributed by atoms with Crippen LogP contribution in [0, 0.1) is 22.7 Å². The molecule has 12 nitrogen and oxygen atoms in total. The summed E-state index contributed by atoms with van der Waals surface area (Å²) < 4.78 is 27.1. The van der Waals surface area contributed by atoms with Gasteiger partial charge in [-0.15, -0.1) is 0 Å². The summed E-state index contributed by atoms with van der Waals surface area (Å²) in [5.41, 5.74) is 8.17. The molecule has 69 heavy (non-hydrogen) atoms. The van der Waals surface area contributed by atoms with E-state index in [1.54, 1.807) is 25.7 Å². The van der Waals surface area contributed by atoms with Crippen LogP contribution >= 0.6 is 11.6 Å². The van der Waals surface area contributed by atoms with E-state index in [1.807, 2.05) is 73.2 Å². The third-order valence-electron chi connectivity index (χ3n) is 12.6. The molecule has 0 saturated carbocycles. The SMILES string of the molecule is CC(C)(C)C(=O)Cl.CCOc1ccc(Cc2cc3cc(N(C)C(=O)C(C)(C)C)cnc3n2CC2CCOCC2)cc1.CCOc1ccc(Cc2cc3cc(NC)cnc3n2CC2CCOCC2)cc1.